The number of nitrogens with two attached hydrogens (primary N) is 2. The lowest BCUT2D eigenvalue weighted by molar-refractivity contribution is 0.261. The second-order valence-electron chi connectivity index (χ2n) is 5.73. The summed E-state index contributed by atoms with van der Waals surface area (Å²) >= 11 is 0. The maximum Gasteiger partial charge on any atom is 0.185 e. The van der Waals surface area contributed by atoms with Crippen molar-refractivity contribution in [1.82, 2.24) is 4.90 Å². The number of fused-ring (bicyclic) bond motifs is 2. The van der Waals surface area contributed by atoms with Crippen LogP contribution in [0, 0.1) is 0 Å². The molecule has 114 valence electrons. The summed E-state index contributed by atoms with van der Waals surface area (Å²) in [6.45, 7) is 3.35. The standard InChI is InChI=1S/C18H22N4/c19-18(20)21-9-10-22-12-16-7-3-1-5-14(16)11-15-6-2-4-8-17(15)13-22/h1-8H,9-13H2,(H4,19,20,21). The first kappa shape index (κ1) is 14.6. The Labute approximate surface area is 131 Å². The van der Waals surface area contributed by atoms with Crippen molar-refractivity contribution in [2.45, 2.75) is 19.5 Å². The van der Waals surface area contributed by atoms with E-state index >= 15 is 0 Å². The lowest BCUT2D eigenvalue weighted by Crippen LogP contribution is -2.30. The Kier molecular flexibility index (Phi) is 4.39. The second kappa shape index (κ2) is 6.62. The fraction of sp³-hybridized carbons (Fsp3) is 0.278. The summed E-state index contributed by atoms with van der Waals surface area (Å²) in [6.07, 6.45) is 1.01. The van der Waals surface area contributed by atoms with E-state index in [9.17, 15) is 0 Å². The molecule has 0 aromatic heterocycles. The van der Waals surface area contributed by atoms with E-state index in [4.69, 9.17) is 11.5 Å². The first-order chi connectivity index (χ1) is 10.7. The first-order valence-electron chi connectivity index (χ1n) is 7.63. The van der Waals surface area contributed by atoms with Gasteiger partial charge in [0.2, 0.25) is 0 Å². The molecule has 0 bridgehead atoms. The Morgan fingerprint density at radius 3 is 1.86 bits per heavy atom. The Morgan fingerprint density at radius 1 is 0.864 bits per heavy atom. The molecule has 1 heterocycles. The van der Waals surface area contributed by atoms with Gasteiger partial charge in [0.05, 0.1) is 6.54 Å². The minimum atomic E-state index is 0.160. The van der Waals surface area contributed by atoms with Crippen molar-refractivity contribution >= 4 is 5.96 Å². The van der Waals surface area contributed by atoms with Crippen LogP contribution in [-0.4, -0.2) is 23.9 Å². The largest absolute Gasteiger partial charge is 0.370 e. The zero-order valence-corrected chi connectivity index (χ0v) is 12.7. The molecule has 22 heavy (non-hydrogen) atoms. The molecule has 4 N–H and O–H groups in total. The molecule has 3 rings (SSSR count). The molecule has 1 aliphatic heterocycles. The fourth-order valence-corrected chi connectivity index (χ4v) is 2.99. The van der Waals surface area contributed by atoms with Gasteiger partial charge in [0.25, 0.3) is 0 Å². The van der Waals surface area contributed by atoms with E-state index in [1.807, 2.05) is 0 Å². The highest BCUT2D eigenvalue weighted by molar-refractivity contribution is 5.75. The molecule has 0 radical (unpaired) electrons. The molecule has 2 aromatic rings. The average molecular weight is 294 g/mol. The smallest absolute Gasteiger partial charge is 0.185 e. The highest BCUT2D eigenvalue weighted by Gasteiger charge is 2.16. The minimum Gasteiger partial charge on any atom is -0.370 e. The van der Waals surface area contributed by atoms with Crippen molar-refractivity contribution in [2.24, 2.45) is 16.5 Å². The van der Waals surface area contributed by atoms with Gasteiger partial charge in [-0.1, -0.05) is 48.5 Å². The normalized spacial score (nSPS) is 14.4. The van der Waals surface area contributed by atoms with Crippen molar-refractivity contribution < 1.29 is 0 Å². The van der Waals surface area contributed by atoms with Gasteiger partial charge >= 0.3 is 0 Å². The van der Waals surface area contributed by atoms with Gasteiger partial charge in [-0.15, -0.1) is 0 Å². The van der Waals surface area contributed by atoms with Gasteiger partial charge in [0.15, 0.2) is 5.96 Å². The van der Waals surface area contributed by atoms with Crippen molar-refractivity contribution in [3.8, 4) is 0 Å². The molecule has 0 unspecified atom stereocenters. The number of nitrogens with zero attached hydrogens (tertiary/aromatic N) is 2. The monoisotopic (exact) mass is 294 g/mol. The third-order valence-electron chi connectivity index (χ3n) is 4.12. The molecule has 0 fully saturated rings. The zero-order chi connectivity index (χ0) is 15.4. The summed E-state index contributed by atoms with van der Waals surface area (Å²) < 4.78 is 0. The average Bonchev–Trinajstić information content (AvgIpc) is 2.48. The molecular formula is C18H22N4. The van der Waals surface area contributed by atoms with E-state index in [-0.39, 0.29) is 5.96 Å². The molecule has 0 atom stereocenters. The van der Waals surface area contributed by atoms with E-state index in [1.54, 1.807) is 0 Å². The topological polar surface area (TPSA) is 67.6 Å². The number of rotatable bonds is 3. The van der Waals surface area contributed by atoms with Crippen LogP contribution in [0.3, 0.4) is 0 Å². The number of aliphatic imine (C=N–C) groups is 1. The summed E-state index contributed by atoms with van der Waals surface area (Å²) in [4.78, 5) is 6.52. The number of benzene rings is 2. The Morgan fingerprint density at radius 2 is 1.36 bits per heavy atom. The van der Waals surface area contributed by atoms with Crippen LogP contribution in [0.25, 0.3) is 0 Å². The molecule has 0 amide bonds. The van der Waals surface area contributed by atoms with Gasteiger partial charge < -0.3 is 11.5 Å². The van der Waals surface area contributed by atoms with Gasteiger partial charge in [-0.25, -0.2) is 0 Å². The van der Waals surface area contributed by atoms with E-state index in [1.165, 1.54) is 22.3 Å². The van der Waals surface area contributed by atoms with Gasteiger partial charge in [-0.05, 0) is 28.7 Å². The molecular weight excluding hydrogens is 272 g/mol. The van der Waals surface area contributed by atoms with Crippen LogP contribution in [-0.2, 0) is 19.5 Å². The summed E-state index contributed by atoms with van der Waals surface area (Å²) in [7, 11) is 0. The van der Waals surface area contributed by atoms with Crippen LogP contribution in [0.5, 0.6) is 0 Å². The predicted molar refractivity (Wildman–Crippen MR) is 90.5 cm³/mol. The quantitative estimate of drug-likeness (QED) is 0.671. The Hall–Kier alpha value is -2.33. The lowest BCUT2D eigenvalue weighted by Gasteiger charge is -2.27. The Balaban J connectivity index is 1.89. The second-order valence-corrected chi connectivity index (χ2v) is 5.73. The Bertz CT molecular complexity index is 627. The van der Waals surface area contributed by atoms with Gasteiger partial charge in [0.1, 0.15) is 0 Å². The summed E-state index contributed by atoms with van der Waals surface area (Å²) in [5.74, 6) is 0.160. The fourth-order valence-electron chi connectivity index (χ4n) is 2.99. The maximum atomic E-state index is 5.43. The van der Waals surface area contributed by atoms with E-state index in [0.717, 1.165) is 26.1 Å². The molecule has 0 saturated carbocycles. The molecule has 4 heteroatoms. The van der Waals surface area contributed by atoms with E-state index in [2.05, 4.69) is 58.4 Å². The highest BCUT2D eigenvalue weighted by Crippen LogP contribution is 2.23. The number of hydrogen-bond acceptors (Lipinski definition) is 2. The molecule has 1 aliphatic rings. The van der Waals surface area contributed by atoms with Crippen molar-refractivity contribution in [3.05, 3.63) is 70.8 Å². The van der Waals surface area contributed by atoms with Gasteiger partial charge in [0, 0.05) is 19.6 Å². The van der Waals surface area contributed by atoms with Crippen LogP contribution >= 0.6 is 0 Å². The molecule has 0 saturated heterocycles. The molecule has 0 spiro atoms. The molecule has 4 nitrogen and oxygen atoms in total. The molecule has 0 aliphatic carbocycles. The summed E-state index contributed by atoms with van der Waals surface area (Å²) in [5.41, 5.74) is 16.4. The number of guanidine groups is 1. The minimum absolute atomic E-state index is 0.160. The van der Waals surface area contributed by atoms with Crippen LogP contribution in [0.2, 0.25) is 0 Å². The van der Waals surface area contributed by atoms with Gasteiger partial charge in [-0.2, -0.15) is 0 Å². The van der Waals surface area contributed by atoms with E-state index in [0.29, 0.717) is 6.54 Å². The van der Waals surface area contributed by atoms with Crippen molar-refractivity contribution in [3.63, 3.8) is 0 Å². The van der Waals surface area contributed by atoms with Crippen LogP contribution in [0.1, 0.15) is 22.3 Å². The van der Waals surface area contributed by atoms with Gasteiger partial charge in [-0.3, -0.25) is 9.89 Å². The maximum absolute atomic E-state index is 5.43. The highest BCUT2D eigenvalue weighted by atomic mass is 15.1. The predicted octanol–water partition coefficient (Wildman–Crippen LogP) is 1.87. The third-order valence-corrected chi connectivity index (χ3v) is 4.12. The van der Waals surface area contributed by atoms with Crippen molar-refractivity contribution in [1.29, 1.82) is 0 Å². The lowest BCUT2D eigenvalue weighted by atomic mass is 9.94. The zero-order valence-electron chi connectivity index (χ0n) is 12.7. The molecule has 2 aromatic carbocycles. The SMILES string of the molecule is NC(N)=NCCN1Cc2ccccc2Cc2ccccc2C1. The van der Waals surface area contributed by atoms with Crippen molar-refractivity contribution in [2.75, 3.05) is 13.1 Å². The first-order valence-corrected chi connectivity index (χ1v) is 7.63. The third kappa shape index (κ3) is 3.46. The van der Waals surface area contributed by atoms with Crippen LogP contribution in [0.15, 0.2) is 53.5 Å². The summed E-state index contributed by atoms with van der Waals surface area (Å²) in [6, 6.07) is 17.4. The summed E-state index contributed by atoms with van der Waals surface area (Å²) in [5, 5.41) is 0. The van der Waals surface area contributed by atoms with Crippen LogP contribution < -0.4 is 11.5 Å². The van der Waals surface area contributed by atoms with E-state index < -0.39 is 0 Å². The number of hydrogen-bond donors (Lipinski definition) is 2. The van der Waals surface area contributed by atoms with Crippen LogP contribution in [0.4, 0.5) is 0 Å².